The molecular formula is C21H17ClN2O2. The predicted molar refractivity (Wildman–Crippen MR) is 102 cm³/mol. The lowest BCUT2D eigenvalue weighted by molar-refractivity contribution is 0.414. The summed E-state index contributed by atoms with van der Waals surface area (Å²) in [7, 11) is 1.68. The van der Waals surface area contributed by atoms with Crippen LogP contribution in [0.4, 0.5) is 0 Å². The van der Waals surface area contributed by atoms with Gasteiger partial charge in [0.2, 0.25) is 0 Å². The smallest absolute Gasteiger partial charge is 0.138 e. The Morgan fingerprint density at radius 2 is 2.04 bits per heavy atom. The van der Waals surface area contributed by atoms with E-state index in [1.54, 1.807) is 13.4 Å². The number of methoxy groups -OCH3 is 1. The van der Waals surface area contributed by atoms with Crippen LogP contribution in [0.15, 0.2) is 65.4 Å². The largest absolute Gasteiger partial charge is 0.496 e. The minimum atomic E-state index is -0.109. The first-order chi connectivity index (χ1) is 12.8. The molecule has 1 aliphatic heterocycles. The van der Waals surface area contributed by atoms with E-state index in [1.165, 1.54) is 0 Å². The topological polar surface area (TPSA) is 39.3 Å². The Hall–Kier alpha value is -2.69. The molecule has 130 valence electrons. The predicted octanol–water partition coefficient (Wildman–Crippen LogP) is 5.08. The van der Waals surface area contributed by atoms with E-state index in [-0.39, 0.29) is 6.04 Å². The maximum Gasteiger partial charge on any atom is 0.138 e. The summed E-state index contributed by atoms with van der Waals surface area (Å²) in [6.45, 7) is 0.651. The number of hydrogen-bond donors (Lipinski definition) is 1. The fourth-order valence-corrected chi connectivity index (χ4v) is 4.05. The van der Waals surface area contributed by atoms with E-state index in [0.717, 1.165) is 44.2 Å². The van der Waals surface area contributed by atoms with E-state index in [1.807, 2.05) is 36.4 Å². The van der Waals surface area contributed by atoms with Crippen LogP contribution in [-0.4, -0.2) is 11.7 Å². The van der Waals surface area contributed by atoms with Gasteiger partial charge in [-0.1, -0.05) is 29.8 Å². The van der Waals surface area contributed by atoms with Gasteiger partial charge in [0.25, 0.3) is 0 Å². The van der Waals surface area contributed by atoms with Crippen LogP contribution in [0.1, 0.15) is 23.1 Å². The third-order valence-electron chi connectivity index (χ3n) is 5.01. The molecule has 3 heterocycles. The summed E-state index contributed by atoms with van der Waals surface area (Å²) in [5.41, 5.74) is 3.28. The summed E-state index contributed by atoms with van der Waals surface area (Å²) >= 11 is 6.47. The molecule has 1 N–H and O–H groups in total. The van der Waals surface area contributed by atoms with Gasteiger partial charge < -0.3 is 13.7 Å². The Bertz CT molecular complexity index is 1110. The third-order valence-corrected chi connectivity index (χ3v) is 5.37. The highest BCUT2D eigenvalue weighted by Gasteiger charge is 2.28. The number of furan rings is 1. The number of nitrogens with zero attached hydrogens (tertiary/aromatic N) is 1. The highest BCUT2D eigenvalue weighted by atomic mass is 35.5. The highest BCUT2D eigenvalue weighted by Crippen LogP contribution is 2.39. The average molecular weight is 365 g/mol. The second-order valence-electron chi connectivity index (χ2n) is 6.38. The lowest BCUT2D eigenvalue weighted by Crippen LogP contribution is -2.21. The van der Waals surface area contributed by atoms with Gasteiger partial charge in [-0.15, -0.1) is 0 Å². The van der Waals surface area contributed by atoms with Gasteiger partial charge in [0.15, 0.2) is 0 Å². The van der Waals surface area contributed by atoms with E-state index >= 15 is 0 Å². The Morgan fingerprint density at radius 3 is 2.92 bits per heavy atom. The van der Waals surface area contributed by atoms with Crippen LogP contribution in [0.3, 0.4) is 0 Å². The van der Waals surface area contributed by atoms with Crippen molar-refractivity contribution >= 4 is 22.4 Å². The molecule has 26 heavy (non-hydrogen) atoms. The maximum atomic E-state index is 6.47. The van der Waals surface area contributed by atoms with Crippen LogP contribution in [0.5, 0.6) is 5.75 Å². The van der Waals surface area contributed by atoms with E-state index < -0.39 is 0 Å². The van der Waals surface area contributed by atoms with Gasteiger partial charge in [-0.05, 0) is 30.3 Å². The molecule has 5 rings (SSSR count). The third kappa shape index (κ3) is 2.19. The Labute approximate surface area is 155 Å². The molecule has 5 heteroatoms. The standard InChI is InChI=1S/C21H17ClN2O2/c1-25-18-9-2-5-13-12-26-21(19(13)18)20-17-8-4-10-24(17)16-7-3-6-15(22)14(16)11-23-20/h2-10,12,20,23H,11H2,1H3. The van der Waals surface area contributed by atoms with Crippen LogP contribution in [-0.2, 0) is 6.54 Å². The Morgan fingerprint density at radius 1 is 1.15 bits per heavy atom. The van der Waals surface area contributed by atoms with Crippen LogP contribution < -0.4 is 10.1 Å². The number of aromatic nitrogens is 1. The van der Waals surface area contributed by atoms with Crippen LogP contribution in [0.25, 0.3) is 16.5 Å². The molecule has 2 aromatic heterocycles. The molecule has 0 spiro atoms. The van der Waals surface area contributed by atoms with Crippen molar-refractivity contribution in [3.05, 3.63) is 83.0 Å². The van der Waals surface area contributed by atoms with Crippen molar-refractivity contribution in [1.29, 1.82) is 0 Å². The van der Waals surface area contributed by atoms with Crippen molar-refractivity contribution in [3.63, 3.8) is 0 Å². The summed E-state index contributed by atoms with van der Waals surface area (Å²) in [6.07, 6.45) is 3.85. The van der Waals surface area contributed by atoms with Crippen molar-refractivity contribution in [1.82, 2.24) is 9.88 Å². The van der Waals surface area contributed by atoms with Gasteiger partial charge in [-0.3, -0.25) is 5.32 Å². The molecule has 4 aromatic rings. The fraction of sp³-hybridized carbons (Fsp3) is 0.143. The monoisotopic (exact) mass is 364 g/mol. The van der Waals surface area contributed by atoms with E-state index in [2.05, 4.69) is 28.2 Å². The molecule has 4 nitrogen and oxygen atoms in total. The molecular weight excluding hydrogens is 348 g/mol. The second kappa shape index (κ2) is 5.94. The first kappa shape index (κ1) is 15.6. The van der Waals surface area contributed by atoms with Crippen molar-refractivity contribution in [2.75, 3.05) is 7.11 Å². The molecule has 2 aromatic carbocycles. The molecule has 0 radical (unpaired) electrons. The SMILES string of the molecule is COc1cccc2coc(C3NCc4c(Cl)cccc4-n4cccc43)c12. The Kier molecular flexibility index (Phi) is 3.55. The maximum absolute atomic E-state index is 6.47. The second-order valence-corrected chi connectivity index (χ2v) is 6.79. The molecule has 0 saturated carbocycles. The Balaban J connectivity index is 1.73. The summed E-state index contributed by atoms with van der Waals surface area (Å²) in [5, 5.41) is 6.40. The van der Waals surface area contributed by atoms with Crippen molar-refractivity contribution in [2.24, 2.45) is 0 Å². The molecule has 1 unspecified atom stereocenters. The van der Waals surface area contributed by atoms with Crippen molar-refractivity contribution in [2.45, 2.75) is 12.6 Å². The van der Waals surface area contributed by atoms with Gasteiger partial charge in [0.05, 0.1) is 24.4 Å². The summed E-state index contributed by atoms with van der Waals surface area (Å²) in [5.74, 6) is 1.66. The molecule has 0 saturated heterocycles. The zero-order chi connectivity index (χ0) is 17.7. The minimum Gasteiger partial charge on any atom is -0.496 e. The van der Waals surface area contributed by atoms with E-state index in [9.17, 15) is 0 Å². The van der Waals surface area contributed by atoms with Gasteiger partial charge >= 0.3 is 0 Å². The first-order valence-corrected chi connectivity index (χ1v) is 8.88. The van der Waals surface area contributed by atoms with Gasteiger partial charge in [-0.25, -0.2) is 0 Å². The number of nitrogens with one attached hydrogen (secondary N) is 1. The number of hydrogen-bond acceptors (Lipinski definition) is 3. The van der Waals surface area contributed by atoms with Crippen LogP contribution in [0, 0.1) is 0 Å². The number of benzene rings is 2. The molecule has 0 amide bonds. The van der Waals surface area contributed by atoms with Crippen molar-refractivity contribution < 1.29 is 9.15 Å². The molecule has 0 bridgehead atoms. The van der Waals surface area contributed by atoms with Gasteiger partial charge in [-0.2, -0.15) is 0 Å². The first-order valence-electron chi connectivity index (χ1n) is 8.50. The van der Waals surface area contributed by atoms with E-state index in [4.69, 9.17) is 20.8 Å². The summed E-state index contributed by atoms with van der Waals surface area (Å²) in [4.78, 5) is 0. The molecule has 1 aliphatic rings. The zero-order valence-electron chi connectivity index (χ0n) is 14.2. The number of ether oxygens (including phenoxy) is 1. The fourth-order valence-electron chi connectivity index (χ4n) is 3.81. The van der Waals surface area contributed by atoms with Gasteiger partial charge in [0.1, 0.15) is 17.6 Å². The van der Waals surface area contributed by atoms with E-state index in [0.29, 0.717) is 6.54 Å². The quantitative estimate of drug-likeness (QED) is 0.539. The molecule has 0 fully saturated rings. The van der Waals surface area contributed by atoms with Crippen LogP contribution in [0.2, 0.25) is 5.02 Å². The zero-order valence-corrected chi connectivity index (χ0v) is 15.0. The molecule has 0 aliphatic carbocycles. The average Bonchev–Trinajstić information content (AvgIpc) is 3.28. The van der Waals surface area contributed by atoms with Gasteiger partial charge in [0, 0.05) is 34.4 Å². The summed E-state index contributed by atoms with van der Waals surface area (Å²) < 4.78 is 13.8. The molecule has 1 atom stereocenters. The normalized spacial score (nSPS) is 16.2. The number of rotatable bonds is 2. The highest BCUT2D eigenvalue weighted by molar-refractivity contribution is 6.31. The van der Waals surface area contributed by atoms with Crippen LogP contribution >= 0.6 is 11.6 Å². The number of halogens is 1. The van der Waals surface area contributed by atoms with Crippen molar-refractivity contribution in [3.8, 4) is 11.4 Å². The lowest BCUT2D eigenvalue weighted by atomic mass is 10.1. The summed E-state index contributed by atoms with van der Waals surface area (Å²) in [6, 6.07) is 16.0. The lowest BCUT2D eigenvalue weighted by Gasteiger charge is -2.16. The minimum absolute atomic E-state index is 0.109. The number of fused-ring (bicyclic) bond motifs is 4.